The van der Waals surface area contributed by atoms with E-state index in [4.69, 9.17) is 0 Å². The number of aromatic nitrogens is 2. The highest BCUT2D eigenvalue weighted by atomic mass is 16.2. The summed E-state index contributed by atoms with van der Waals surface area (Å²) < 4.78 is 0. The molecule has 0 saturated carbocycles. The van der Waals surface area contributed by atoms with Gasteiger partial charge in [-0.1, -0.05) is 48.5 Å². The highest BCUT2D eigenvalue weighted by Crippen LogP contribution is 2.47. The minimum Gasteiger partial charge on any atom is -0.332 e. The summed E-state index contributed by atoms with van der Waals surface area (Å²) in [4.78, 5) is 18.4. The Morgan fingerprint density at radius 3 is 2.54 bits per heavy atom. The van der Waals surface area contributed by atoms with Crippen LogP contribution >= 0.6 is 0 Å². The second-order valence-corrected chi connectivity index (χ2v) is 8.45. The van der Waals surface area contributed by atoms with Crippen molar-refractivity contribution in [1.29, 1.82) is 0 Å². The molecule has 0 radical (unpaired) electrons. The molecule has 3 atom stereocenters. The van der Waals surface area contributed by atoms with E-state index in [1.54, 1.807) is 0 Å². The third kappa shape index (κ3) is 2.29. The van der Waals surface area contributed by atoms with Crippen LogP contribution in [-0.4, -0.2) is 57.6 Å². The van der Waals surface area contributed by atoms with Crippen molar-refractivity contribution in [2.45, 2.75) is 30.8 Å². The molecule has 1 amide bonds. The van der Waals surface area contributed by atoms with E-state index < -0.39 is 0 Å². The summed E-state index contributed by atoms with van der Waals surface area (Å²) in [5.74, 6) is 1.07. The molecule has 3 aromatic rings. The molecule has 5 heterocycles. The van der Waals surface area contributed by atoms with Crippen LogP contribution in [0.3, 0.4) is 0 Å². The van der Waals surface area contributed by atoms with Crippen molar-refractivity contribution in [2.75, 3.05) is 19.6 Å². The first-order valence-electron chi connectivity index (χ1n) is 10.3. The fraction of sp³-hybridized carbons (Fsp3) is 0.391. The Kier molecular flexibility index (Phi) is 3.60. The van der Waals surface area contributed by atoms with E-state index in [0.29, 0.717) is 29.6 Å². The van der Waals surface area contributed by atoms with Gasteiger partial charge in [-0.15, -0.1) is 0 Å². The number of hydrogen-bond acceptors (Lipinski definition) is 3. The van der Waals surface area contributed by atoms with Gasteiger partial charge in [0.15, 0.2) is 5.69 Å². The first-order chi connectivity index (χ1) is 13.8. The second kappa shape index (κ2) is 6.17. The average Bonchev–Trinajstić information content (AvgIpc) is 3.38. The quantitative estimate of drug-likeness (QED) is 0.751. The number of benzene rings is 2. The number of nitrogens with zero attached hydrogens (tertiary/aromatic N) is 3. The van der Waals surface area contributed by atoms with Crippen molar-refractivity contribution in [3.63, 3.8) is 0 Å². The molecule has 4 fully saturated rings. The van der Waals surface area contributed by atoms with Crippen LogP contribution in [0.1, 0.15) is 34.8 Å². The number of carbonyl (C=O) groups is 1. The van der Waals surface area contributed by atoms with Gasteiger partial charge in [-0.05, 0) is 43.5 Å². The molecule has 4 aliphatic rings. The fourth-order valence-electron chi connectivity index (χ4n) is 5.91. The van der Waals surface area contributed by atoms with Crippen molar-refractivity contribution in [1.82, 2.24) is 20.0 Å². The number of rotatable bonds is 2. The monoisotopic (exact) mass is 372 g/mol. The molecule has 5 heteroatoms. The summed E-state index contributed by atoms with van der Waals surface area (Å²) in [6.07, 6.45) is 2.40. The molecule has 1 aromatic heterocycles. The van der Waals surface area contributed by atoms with Crippen molar-refractivity contribution in [2.24, 2.45) is 5.92 Å². The van der Waals surface area contributed by atoms with E-state index >= 15 is 0 Å². The number of amides is 1. The lowest BCUT2D eigenvalue weighted by Gasteiger charge is -2.51. The predicted octanol–water partition coefficient (Wildman–Crippen LogP) is 3.27. The maximum Gasteiger partial charge on any atom is 0.275 e. The van der Waals surface area contributed by atoms with Crippen LogP contribution < -0.4 is 0 Å². The predicted molar refractivity (Wildman–Crippen MR) is 108 cm³/mol. The molecule has 142 valence electrons. The Hall–Kier alpha value is -2.66. The Morgan fingerprint density at radius 2 is 1.71 bits per heavy atom. The molecule has 2 bridgehead atoms. The molecule has 4 saturated heterocycles. The Labute approximate surface area is 164 Å². The summed E-state index contributed by atoms with van der Waals surface area (Å²) in [5, 5.41) is 8.37. The van der Waals surface area contributed by atoms with E-state index in [2.05, 4.69) is 50.3 Å². The van der Waals surface area contributed by atoms with Gasteiger partial charge >= 0.3 is 0 Å². The van der Waals surface area contributed by atoms with Gasteiger partial charge in [-0.25, -0.2) is 0 Å². The van der Waals surface area contributed by atoms with Crippen LogP contribution in [0.5, 0.6) is 0 Å². The smallest absolute Gasteiger partial charge is 0.275 e. The zero-order valence-electron chi connectivity index (χ0n) is 15.8. The molecule has 2 aromatic carbocycles. The summed E-state index contributed by atoms with van der Waals surface area (Å²) in [7, 11) is 0. The van der Waals surface area contributed by atoms with Gasteiger partial charge < -0.3 is 4.90 Å². The number of piperidine rings is 3. The lowest BCUT2D eigenvalue weighted by atomic mass is 9.75. The largest absolute Gasteiger partial charge is 0.332 e. The first-order valence-corrected chi connectivity index (χ1v) is 10.3. The maximum absolute atomic E-state index is 13.7. The number of hydrogen-bond donors (Lipinski definition) is 1. The minimum absolute atomic E-state index is 0.0830. The molecule has 5 nitrogen and oxygen atoms in total. The van der Waals surface area contributed by atoms with Crippen LogP contribution in [0, 0.1) is 5.92 Å². The van der Waals surface area contributed by atoms with Gasteiger partial charge in [0.1, 0.15) is 0 Å². The van der Waals surface area contributed by atoms with Crippen LogP contribution in [0.2, 0.25) is 0 Å². The van der Waals surface area contributed by atoms with Gasteiger partial charge in [0.05, 0.1) is 11.6 Å². The first kappa shape index (κ1) is 16.3. The van der Waals surface area contributed by atoms with E-state index in [9.17, 15) is 4.79 Å². The highest BCUT2D eigenvalue weighted by Gasteiger charge is 2.54. The summed E-state index contributed by atoms with van der Waals surface area (Å²) in [6.45, 7) is 3.12. The van der Waals surface area contributed by atoms with Crippen LogP contribution in [-0.2, 0) is 0 Å². The van der Waals surface area contributed by atoms with E-state index in [1.165, 1.54) is 31.5 Å². The van der Waals surface area contributed by atoms with Crippen molar-refractivity contribution in [3.8, 4) is 0 Å². The van der Waals surface area contributed by atoms with E-state index in [-0.39, 0.29) is 5.91 Å². The van der Waals surface area contributed by atoms with E-state index in [1.807, 2.05) is 24.3 Å². The summed E-state index contributed by atoms with van der Waals surface area (Å²) in [5.41, 5.74) is 2.85. The molecule has 1 N–H and O–H groups in total. The highest BCUT2D eigenvalue weighted by molar-refractivity contribution is 6.05. The fourth-order valence-corrected chi connectivity index (χ4v) is 5.91. The molecular weight excluding hydrogens is 348 g/mol. The third-order valence-electron chi connectivity index (χ3n) is 7.16. The number of fused-ring (bicyclic) bond motifs is 3. The number of aromatic amines is 1. The van der Waals surface area contributed by atoms with Gasteiger partial charge in [0.25, 0.3) is 5.91 Å². The van der Waals surface area contributed by atoms with Crippen molar-refractivity contribution >= 4 is 16.8 Å². The zero-order valence-corrected chi connectivity index (χ0v) is 15.8. The van der Waals surface area contributed by atoms with Crippen LogP contribution in [0.4, 0.5) is 0 Å². The molecule has 28 heavy (non-hydrogen) atoms. The van der Waals surface area contributed by atoms with E-state index in [0.717, 1.165) is 17.4 Å². The molecular formula is C23H24N4O. The van der Waals surface area contributed by atoms with Gasteiger partial charge in [-0.3, -0.25) is 14.8 Å². The number of H-pyrrole nitrogens is 1. The van der Waals surface area contributed by atoms with Crippen molar-refractivity contribution in [3.05, 3.63) is 65.9 Å². The topological polar surface area (TPSA) is 52.2 Å². The van der Waals surface area contributed by atoms with Gasteiger partial charge in [-0.2, -0.15) is 5.10 Å². The molecule has 3 unspecified atom stereocenters. The molecule has 4 aliphatic heterocycles. The Balaban J connectivity index is 1.42. The molecule has 0 aliphatic carbocycles. The molecule has 0 spiro atoms. The number of carbonyl (C=O) groups excluding carboxylic acids is 1. The Morgan fingerprint density at radius 1 is 0.964 bits per heavy atom. The third-order valence-corrected chi connectivity index (χ3v) is 7.16. The lowest BCUT2D eigenvalue weighted by molar-refractivity contribution is -0.00352. The standard InChI is InChI=1S/C23H24N4O/c28-23(20-17-8-4-5-9-19(17)24-25-20)27-14-18(15-6-2-1-3-7-15)22-21(27)16-10-12-26(22)13-11-16/h1-9,16,18,21-22H,10-14H2,(H,24,25). The van der Waals surface area contributed by atoms with Crippen molar-refractivity contribution < 1.29 is 4.79 Å². The zero-order chi connectivity index (χ0) is 18.7. The minimum atomic E-state index is 0.0830. The maximum atomic E-state index is 13.7. The Bertz CT molecular complexity index is 1020. The lowest BCUT2D eigenvalue weighted by Crippen LogP contribution is -2.60. The number of likely N-dealkylation sites (tertiary alicyclic amines) is 1. The number of para-hydroxylation sites is 1. The second-order valence-electron chi connectivity index (χ2n) is 8.45. The number of nitrogens with one attached hydrogen (secondary N) is 1. The SMILES string of the molecule is O=C(c1n[nH]c2ccccc12)N1CC(c2ccccc2)C2C1C1CCN2CC1. The normalized spacial score (nSPS) is 31.3. The van der Waals surface area contributed by atoms with Gasteiger partial charge in [0.2, 0.25) is 0 Å². The van der Waals surface area contributed by atoms with Crippen LogP contribution in [0.15, 0.2) is 54.6 Å². The summed E-state index contributed by atoms with van der Waals surface area (Å²) >= 11 is 0. The van der Waals surface area contributed by atoms with Gasteiger partial charge in [0, 0.05) is 23.9 Å². The summed E-state index contributed by atoms with van der Waals surface area (Å²) in [6, 6.07) is 19.4. The van der Waals surface area contributed by atoms with Crippen LogP contribution in [0.25, 0.3) is 10.9 Å². The average molecular weight is 372 g/mol. The molecule has 7 rings (SSSR count).